The molecule has 0 saturated heterocycles. The van der Waals surface area contributed by atoms with E-state index in [4.69, 9.17) is 14.2 Å². The lowest BCUT2D eigenvalue weighted by Crippen LogP contribution is -2.41. The second kappa shape index (κ2) is 7.81. The van der Waals surface area contributed by atoms with Gasteiger partial charge in [0.2, 0.25) is 0 Å². The zero-order chi connectivity index (χ0) is 20.5. The highest BCUT2D eigenvalue weighted by molar-refractivity contribution is 5.99. The highest BCUT2D eigenvalue weighted by Gasteiger charge is 2.65. The fourth-order valence-corrected chi connectivity index (χ4v) is 5.39. The van der Waals surface area contributed by atoms with E-state index in [1.807, 2.05) is 0 Å². The molecule has 0 amide bonds. The molecule has 2 atom stereocenters. The lowest BCUT2D eigenvalue weighted by atomic mass is 9.64. The van der Waals surface area contributed by atoms with Gasteiger partial charge in [-0.2, -0.15) is 0 Å². The summed E-state index contributed by atoms with van der Waals surface area (Å²) in [6, 6.07) is 4.22. The van der Waals surface area contributed by atoms with Crippen LogP contribution in [0.5, 0.6) is 11.5 Å². The van der Waals surface area contributed by atoms with E-state index in [1.54, 1.807) is 14.2 Å². The number of aryl methyl sites for hydroxylation is 1. The number of benzene rings is 1. The Morgan fingerprint density at radius 2 is 1.75 bits per heavy atom. The third kappa shape index (κ3) is 2.92. The number of unbranched alkanes of at least 4 members (excludes halogenated alkanes) is 2. The van der Waals surface area contributed by atoms with E-state index in [9.17, 15) is 4.79 Å². The second-order valence-corrected chi connectivity index (χ2v) is 8.68. The van der Waals surface area contributed by atoms with E-state index >= 15 is 0 Å². The molecule has 28 heavy (non-hydrogen) atoms. The number of allylic oxidation sites excluding steroid dienone is 1. The summed E-state index contributed by atoms with van der Waals surface area (Å²) in [4.78, 5) is 13.1. The molecular weight excluding hydrogens is 352 g/mol. The largest absolute Gasteiger partial charge is 0.496 e. The minimum absolute atomic E-state index is 0.153. The van der Waals surface area contributed by atoms with Gasteiger partial charge < -0.3 is 14.2 Å². The molecule has 2 aliphatic carbocycles. The van der Waals surface area contributed by atoms with Crippen molar-refractivity contribution in [2.75, 3.05) is 21.3 Å². The predicted octanol–water partition coefficient (Wildman–Crippen LogP) is 5.43. The van der Waals surface area contributed by atoms with E-state index in [-0.39, 0.29) is 11.4 Å². The first-order valence-corrected chi connectivity index (χ1v) is 10.4. The first-order chi connectivity index (χ1) is 13.4. The monoisotopic (exact) mass is 386 g/mol. The fraction of sp³-hybridized carbons (Fsp3) is 0.625. The number of methoxy groups -OCH3 is 3. The van der Waals surface area contributed by atoms with Gasteiger partial charge >= 0.3 is 5.97 Å². The Balaban J connectivity index is 2.12. The average molecular weight is 387 g/mol. The Morgan fingerprint density at radius 1 is 1.11 bits per heavy atom. The summed E-state index contributed by atoms with van der Waals surface area (Å²) in [6.45, 7) is 6.58. The number of carbonyl (C=O) groups is 1. The van der Waals surface area contributed by atoms with Gasteiger partial charge in [-0.1, -0.05) is 39.7 Å². The first-order valence-electron chi connectivity index (χ1n) is 10.4. The maximum absolute atomic E-state index is 13.1. The molecule has 4 nitrogen and oxygen atoms in total. The lowest BCUT2D eigenvalue weighted by Gasteiger charge is -2.38. The van der Waals surface area contributed by atoms with Crippen LogP contribution in [-0.2, 0) is 16.0 Å². The molecule has 0 spiro atoms. The van der Waals surface area contributed by atoms with Crippen molar-refractivity contribution in [3.05, 3.63) is 29.3 Å². The summed E-state index contributed by atoms with van der Waals surface area (Å²) in [5, 5.41) is 0. The lowest BCUT2D eigenvalue weighted by molar-refractivity contribution is -0.153. The summed E-state index contributed by atoms with van der Waals surface area (Å²) in [6.07, 6.45) is 8.61. The van der Waals surface area contributed by atoms with Crippen molar-refractivity contribution in [2.24, 2.45) is 16.7 Å². The summed E-state index contributed by atoms with van der Waals surface area (Å²) >= 11 is 0. The quantitative estimate of drug-likeness (QED) is 0.441. The molecule has 0 heterocycles. The molecule has 4 heteroatoms. The van der Waals surface area contributed by atoms with E-state index in [0.29, 0.717) is 5.92 Å². The Hall–Kier alpha value is -1.97. The van der Waals surface area contributed by atoms with Gasteiger partial charge in [-0.05, 0) is 60.3 Å². The molecule has 1 fully saturated rings. The van der Waals surface area contributed by atoms with Crippen LogP contribution in [0.25, 0.3) is 5.57 Å². The molecule has 0 aromatic heterocycles. The molecule has 2 unspecified atom stereocenters. The standard InChI is InChI=1S/C24H34O4/c1-7-8-9-10-16-13-19(26-4)21(20(14-16)27-5)18-15-17-11-12-24(18,22(25)28-6)23(17,2)3/h13-15,17H,7-12H2,1-6H3. The van der Waals surface area contributed by atoms with Crippen molar-refractivity contribution in [3.63, 3.8) is 0 Å². The number of hydrogen-bond acceptors (Lipinski definition) is 4. The third-order valence-electron chi connectivity index (χ3n) is 7.12. The molecular formula is C24H34O4. The summed E-state index contributed by atoms with van der Waals surface area (Å²) in [5.74, 6) is 1.76. The zero-order valence-corrected chi connectivity index (χ0v) is 18.2. The van der Waals surface area contributed by atoms with Crippen molar-refractivity contribution in [1.29, 1.82) is 0 Å². The highest BCUT2D eigenvalue weighted by atomic mass is 16.5. The van der Waals surface area contributed by atoms with Gasteiger partial charge in [-0.15, -0.1) is 0 Å². The van der Waals surface area contributed by atoms with E-state index in [1.165, 1.54) is 25.5 Å². The van der Waals surface area contributed by atoms with Crippen molar-refractivity contribution in [2.45, 2.75) is 59.3 Å². The van der Waals surface area contributed by atoms with Crippen LogP contribution in [0, 0.1) is 16.7 Å². The zero-order valence-electron chi connectivity index (χ0n) is 18.2. The number of rotatable bonds is 8. The number of esters is 1. The van der Waals surface area contributed by atoms with Crippen molar-refractivity contribution >= 4 is 11.5 Å². The highest BCUT2D eigenvalue weighted by Crippen LogP contribution is 2.69. The normalized spacial score (nSPS) is 24.8. The van der Waals surface area contributed by atoms with Gasteiger partial charge in [-0.3, -0.25) is 4.79 Å². The minimum Gasteiger partial charge on any atom is -0.496 e. The summed E-state index contributed by atoms with van der Waals surface area (Å²) < 4.78 is 16.9. The number of fused-ring (bicyclic) bond motifs is 2. The predicted molar refractivity (Wildman–Crippen MR) is 112 cm³/mol. The molecule has 2 bridgehead atoms. The van der Waals surface area contributed by atoms with Crippen LogP contribution in [0.15, 0.2) is 18.2 Å². The number of carbonyl (C=O) groups excluding carboxylic acids is 1. The van der Waals surface area contributed by atoms with Gasteiger partial charge in [0, 0.05) is 0 Å². The fourth-order valence-electron chi connectivity index (χ4n) is 5.39. The van der Waals surface area contributed by atoms with Crippen LogP contribution in [0.1, 0.15) is 64.0 Å². The van der Waals surface area contributed by atoms with Gasteiger partial charge in [0.1, 0.15) is 11.5 Å². The van der Waals surface area contributed by atoms with Gasteiger partial charge in [0.25, 0.3) is 0 Å². The minimum atomic E-state index is -0.656. The van der Waals surface area contributed by atoms with E-state index in [0.717, 1.165) is 48.3 Å². The topological polar surface area (TPSA) is 44.8 Å². The third-order valence-corrected chi connectivity index (χ3v) is 7.12. The summed E-state index contributed by atoms with van der Waals surface area (Å²) in [7, 11) is 4.87. The van der Waals surface area contributed by atoms with Crippen LogP contribution in [-0.4, -0.2) is 27.3 Å². The van der Waals surface area contributed by atoms with Crippen LogP contribution in [0.2, 0.25) is 0 Å². The van der Waals surface area contributed by atoms with Gasteiger partial charge in [0.05, 0.1) is 32.3 Å². The molecule has 0 aliphatic heterocycles. The van der Waals surface area contributed by atoms with E-state index in [2.05, 4.69) is 39.0 Å². The maximum Gasteiger partial charge on any atom is 0.316 e. The Labute approximate surface area is 169 Å². The first kappa shape index (κ1) is 20.8. The van der Waals surface area contributed by atoms with Crippen molar-refractivity contribution in [1.82, 2.24) is 0 Å². The molecule has 1 saturated carbocycles. The average Bonchev–Trinajstić information content (AvgIpc) is 3.09. The molecule has 1 aromatic rings. The number of hydrogen-bond donors (Lipinski definition) is 0. The summed E-state index contributed by atoms with van der Waals surface area (Å²) in [5.41, 5.74) is 2.28. The molecule has 0 radical (unpaired) electrons. The van der Waals surface area contributed by atoms with Gasteiger partial charge in [-0.25, -0.2) is 0 Å². The van der Waals surface area contributed by atoms with Crippen molar-refractivity contribution < 1.29 is 19.0 Å². The smallest absolute Gasteiger partial charge is 0.316 e. The van der Waals surface area contributed by atoms with Gasteiger partial charge in [0.15, 0.2) is 0 Å². The Bertz CT molecular complexity index is 752. The Morgan fingerprint density at radius 3 is 2.25 bits per heavy atom. The van der Waals surface area contributed by atoms with E-state index < -0.39 is 5.41 Å². The molecule has 3 rings (SSSR count). The molecule has 154 valence electrons. The van der Waals surface area contributed by atoms with Crippen LogP contribution < -0.4 is 9.47 Å². The van der Waals surface area contributed by atoms with Crippen LogP contribution in [0.3, 0.4) is 0 Å². The SMILES string of the molecule is CCCCCc1cc(OC)c(C2=CC3CCC2(C(=O)OC)C3(C)C)c(OC)c1. The molecule has 2 aliphatic rings. The number of ether oxygens (including phenoxy) is 3. The molecule has 0 N–H and O–H groups in total. The van der Waals surface area contributed by atoms with Crippen molar-refractivity contribution in [3.8, 4) is 11.5 Å². The molecule has 1 aromatic carbocycles. The Kier molecular flexibility index (Phi) is 5.79. The maximum atomic E-state index is 13.1. The second-order valence-electron chi connectivity index (χ2n) is 8.68. The van der Waals surface area contributed by atoms with Crippen LogP contribution in [0.4, 0.5) is 0 Å². The van der Waals surface area contributed by atoms with Crippen LogP contribution >= 0.6 is 0 Å².